The van der Waals surface area contributed by atoms with Gasteiger partial charge in [-0.25, -0.2) is 0 Å². The van der Waals surface area contributed by atoms with Gasteiger partial charge in [-0.1, -0.05) is 30.3 Å². The molecule has 0 radical (unpaired) electrons. The first-order valence-corrected chi connectivity index (χ1v) is 5.25. The van der Waals surface area contributed by atoms with E-state index in [9.17, 15) is 5.11 Å². The van der Waals surface area contributed by atoms with E-state index < -0.39 is 12.2 Å². The zero-order valence-corrected chi connectivity index (χ0v) is 8.54. The van der Waals surface area contributed by atoms with E-state index in [0.717, 1.165) is 5.56 Å². The van der Waals surface area contributed by atoms with Gasteiger partial charge < -0.3 is 14.9 Å². The number of hydrogen-bond acceptors (Lipinski definition) is 3. The van der Waals surface area contributed by atoms with Gasteiger partial charge in [-0.15, -0.1) is 0 Å². The first kappa shape index (κ1) is 10.6. The number of aliphatic hydroxyl groups excluding tert-OH is 2. The van der Waals surface area contributed by atoms with Crippen LogP contribution in [0.25, 0.3) is 0 Å². The Bertz CT molecular complexity index is 299. The standard InChI is InChI=1S/C12H16O3/c13-11-6-10(12(11)14)8-15-7-9-4-2-1-3-5-9/h1-5,10-14H,6-8H2/t10-,11-,12?/m1/s1. The van der Waals surface area contributed by atoms with E-state index in [1.807, 2.05) is 30.3 Å². The molecule has 1 aliphatic carbocycles. The Labute approximate surface area is 89.3 Å². The second kappa shape index (κ2) is 4.75. The van der Waals surface area contributed by atoms with Crippen LogP contribution in [0.4, 0.5) is 0 Å². The fourth-order valence-electron chi connectivity index (χ4n) is 1.78. The summed E-state index contributed by atoms with van der Waals surface area (Å²) in [4.78, 5) is 0. The van der Waals surface area contributed by atoms with Crippen LogP contribution in [0.15, 0.2) is 30.3 Å². The Hall–Kier alpha value is -0.900. The zero-order valence-electron chi connectivity index (χ0n) is 8.54. The van der Waals surface area contributed by atoms with Gasteiger partial charge >= 0.3 is 0 Å². The maximum absolute atomic E-state index is 9.34. The predicted molar refractivity (Wildman–Crippen MR) is 56.2 cm³/mol. The highest BCUT2D eigenvalue weighted by atomic mass is 16.5. The van der Waals surface area contributed by atoms with Crippen LogP contribution in [-0.4, -0.2) is 29.0 Å². The molecule has 0 amide bonds. The summed E-state index contributed by atoms with van der Waals surface area (Å²) in [7, 11) is 0. The largest absolute Gasteiger partial charge is 0.390 e. The number of hydrogen-bond donors (Lipinski definition) is 2. The van der Waals surface area contributed by atoms with Crippen molar-refractivity contribution in [2.24, 2.45) is 5.92 Å². The van der Waals surface area contributed by atoms with E-state index in [0.29, 0.717) is 19.6 Å². The van der Waals surface area contributed by atoms with Crippen LogP contribution in [0.5, 0.6) is 0 Å². The third kappa shape index (κ3) is 2.56. The fourth-order valence-corrected chi connectivity index (χ4v) is 1.78. The van der Waals surface area contributed by atoms with Crippen molar-refractivity contribution < 1.29 is 14.9 Å². The smallest absolute Gasteiger partial charge is 0.0850 e. The van der Waals surface area contributed by atoms with E-state index >= 15 is 0 Å². The SMILES string of the molecule is OC1[C@@H](COCc2ccccc2)C[C@H]1O. The molecule has 1 aliphatic rings. The predicted octanol–water partition coefficient (Wildman–Crippen LogP) is 0.945. The molecule has 15 heavy (non-hydrogen) atoms. The fraction of sp³-hybridized carbons (Fsp3) is 0.500. The van der Waals surface area contributed by atoms with Gasteiger partial charge in [0.15, 0.2) is 0 Å². The maximum Gasteiger partial charge on any atom is 0.0850 e. The summed E-state index contributed by atoms with van der Waals surface area (Å²) in [6.07, 6.45) is -0.494. The molecule has 0 spiro atoms. The average Bonchev–Trinajstić information content (AvgIpc) is 2.29. The molecule has 0 bridgehead atoms. The molecule has 3 nitrogen and oxygen atoms in total. The number of rotatable bonds is 4. The van der Waals surface area contributed by atoms with E-state index in [1.165, 1.54) is 0 Å². The Morgan fingerprint density at radius 3 is 2.53 bits per heavy atom. The lowest BCUT2D eigenvalue weighted by Gasteiger charge is -2.37. The molecule has 3 atom stereocenters. The van der Waals surface area contributed by atoms with Crippen LogP contribution in [0.2, 0.25) is 0 Å². The number of ether oxygens (including phenoxy) is 1. The minimum Gasteiger partial charge on any atom is -0.390 e. The summed E-state index contributed by atoms with van der Waals surface area (Å²) in [5.74, 6) is 0.101. The topological polar surface area (TPSA) is 49.7 Å². The molecule has 2 N–H and O–H groups in total. The summed E-state index contributed by atoms with van der Waals surface area (Å²) < 4.78 is 5.47. The lowest BCUT2D eigenvalue weighted by Crippen LogP contribution is -2.48. The van der Waals surface area contributed by atoms with Crippen molar-refractivity contribution in [3.8, 4) is 0 Å². The van der Waals surface area contributed by atoms with Crippen molar-refractivity contribution in [2.45, 2.75) is 25.2 Å². The molecule has 3 heteroatoms. The van der Waals surface area contributed by atoms with Crippen LogP contribution in [-0.2, 0) is 11.3 Å². The molecule has 1 aromatic rings. The quantitative estimate of drug-likeness (QED) is 0.774. The lowest BCUT2D eigenvalue weighted by atomic mass is 9.80. The second-order valence-electron chi connectivity index (χ2n) is 4.05. The molecular weight excluding hydrogens is 192 g/mol. The van der Waals surface area contributed by atoms with Gasteiger partial charge in [-0.05, 0) is 12.0 Å². The summed E-state index contributed by atoms with van der Waals surface area (Å²) >= 11 is 0. The van der Waals surface area contributed by atoms with Crippen LogP contribution >= 0.6 is 0 Å². The minimum absolute atomic E-state index is 0.101. The number of benzene rings is 1. The van der Waals surface area contributed by atoms with E-state index in [1.54, 1.807) is 0 Å². The van der Waals surface area contributed by atoms with Crippen molar-refractivity contribution in [1.82, 2.24) is 0 Å². The van der Waals surface area contributed by atoms with Gasteiger partial charge in [-0.3, -0.25) is 0 Å². The van der Waals surface area contributed by atoms with E-state index in [4.69, 9.17) is 9.84 Å². The maximum atomic E-state index is 9.34. The first-order chi connectivity index (χ1) is 7.27. The Balaban J connectivity index is 1.68. The Kier molecular flexibility index (Phi) is 3.36. The summed E-state index contributed by atoms with van der Waals surface area (Å²) in [6.45, 7) is 1.09. The molecule has 0 aromatic heterocycles. The van der Waals surface area contributed by atoms with Gasteiger partial charge in [0.05, 0.1) is 25.4 Å². The molecule has 0 heterocycles. The highest BCUT2D eigenvalue weighted by molar-refractivity contribution is 5.13. The third-order valence-corrected chi connectivity index (χ3v) is 2.86. The van der Waals surface area contributed by atoms with Gasteiger partial charge in [0, 0.05) is 5.92 Å². The molecule has 1 unspecified atom stereocenters. The second-order valence-corrected chi connectivity index (χ2v) is 4.05. The molecule has 1 fully saturated rings. The van der Waals surface area contributed by atoms with Gasteiger partial charge in [0.2, 0.25) is 0 Å². The monoisotopic (exact) mass is 208 g/mol. The van der Waals surface area contributed by atoms with Crippen LogP contribution in [0, 0.1) is 5.92 Å². The molecule has 0 saturated heterocycles. The first-order valence-electron chi connectivity index (χ1n) is 5.25. The third-order valence-electron chi connectivity index (χ3n) is 2.86. The summed E-state index contributed by atoms with van der Waals surface area (Å²) in [5, 5.41) is 18.4. The highest BCUT2D eigenvalue weighted by Crippen LogP contribution is 2.28. The highest BCUT2D eigenvalue weighted by Gasteiger charge is 2.38. The molecule has 1 aromatic carbocycles. The minimum atomic E-state index is -0.597. The lowest BCUT2D eigenvalue weighted by molar-refractivity contribution is -0.126. The van der Waals surface area contributed by atoms with Gasteiger partial charge in [-0.2, -0.15) is 0 Å². The average molecular weight is 208 g/mol. The van der Waals surface area contributed by atoms with Crippen molar-refractivity contribution >= 4 is 0 Å². The molecule has 1 saturated carbocycles. The van der Waals surface area contributed by atoms with Crippen molar-refractivity contribution in [2.75, 3.05) is 6.61 Å². The number of aliphatic hydroxyl groups is 2. The van der Waals surface area contributed by atoms with E-state index in [2.05, 4.69) is 0 Å². The van der Waals surface area contributed by atoms with Crippen molar-refractivity contribution in [3.63, 3.8) is 0 Å². The Morgan fingerprint density at radius 2 is 1.93 bits per heavy atom. The van der Waals surface area contributed by atoms with Crippen molar-refractivity contribution in [1.29, 1.82) is 0 Å². The zero-order chi connectivity index (χ0) is 10.7. The summed E-state index contributed by atoms with van der Waals surface area (Å²) in [6, 6.07) is 9.93. The Morgan fingerprint density at radius 1 is 1.20 bits per heavy atom. The van der Waals surface area contributed by atoms with Crippen LogP contribution < -0.4 is 0 Å². The molecular formula is C12H16O3. The van der Waals surface area contributed by atoms with Gasteiger partial charge in [0.1, 0.15) is 0 Å². The van der Waals surface area contributed by atoms with Gasteiger partial charge in [0.25, 0.3) is 0 Å². The summed E-state index contributed by atoms with van der Waals surface area (Å²) in [5.41, 5.74) is 1.13. The van der Waals surface area contributed by atoms with Crippen molar-refractivity contribution in [3.05, 3.63) is 35.9 Å². The molecule has 82 valence electrons. The molecule has 0 aliphatic heterocycles. The van der Waals surface area contributed by atoms with Crippen LogP contribution in [0.1, 0.15) is 12.0 Å². The van der Waals surface area contributed by atoms with Crippen LogP contribution in [0.3, 0.4) is 0 Å². The molecule has 2 rings (SSSR count). The van der Waals surface area contributed by atoms with E-state index in [-0.39, 0.29) is 5.92 Å². The normalized spacial score (nSPS) is 29.9.